The van der Waals surface area contributed by atoms with Crippen LogP contribution in [0.2, 0.25) is 0 Å². The van der Waals surface area contributed by atoms with Crippen molar-refractivity contribution in [2.75, 3.05) is 66.1 Å². The lowest BCUT2D eigenvalue weighted by atomic mass is 10.1. The van der Waals surface area contributed by atoms with Gasteiger partial charge in [0.05, 0.1) is 66.1 Å². The largest absolute Gasteiger partial charge is 0.394 e. The summed E-state index contributed by atoms with van der Waals surface area (Å²) in [6, 6.07) is 0. The summed E-state index contributed by atoms with van der Waals surface area (Å²) < 4.78 is 0. The zero-order chi connectivity index (χ0) is 40.7. The van der Waals surface area contributed by atoms with E-state index in [4.69, 9.17) is 128 Å². The maximum atomic E-state index is 8.77. The molecule has 0 aliphatic rings. The zero-order valence-electron chi connectivity index (χ0n) is 26.9. The Morgan fingerprint density at radius 3 is 0.260 bits per heavy atom. The monoisotopic (exact) mass is 760 g/mol. The summed E-state index contributed by atoms with van der Waals surface area (Å²) in [4.78, 5) is 0. The smallest absolute Gasteiger partial charge is 0.110 e. The molecule has 0 aromatic heterocycles. The van der Waals surface area contributed by atoms with E-state index in [0.29, 0.717) is 0 Å². The fourth-order valence-electron chi connectivity index (χ4n) is 2.36. The van der Waals surface area contributed by atoms with Crippen LogP contribution in [0.25, 0.3) is 0 Å². The number of hydrogen-bond acceptors (Lipinski definition) is 25. The van der Waals surface area contributed by atoms with Gasteiger partial charge in [0.25, 0.3) is 0 Å². The van der Waals surface area contributed by atoms with Crippen molar-refractivity contribution in [3.8, 4) is 0 Å². The highest BCUT2D eigenvalue weighted by Crippen LogP contribution is 2.01. The minimum Gasteiger partial charge on any atom is -0.394 e. The van der Waals surface area contributed by atoms with Crippen LogP contribution in [0.3, 0.4) is 0 Å². The average Bonchev–Trinajstić information content (AvgIpc) is 3.16. The molecule has 0 bridgehead atoms. The minimum atomic E-state index is -1.49. The first-order valence-electron chi connectivity index (χ1n) is 14.5. The summed E-state index contributed by atoms with van der Waals surface area (Å²) >= 11 is 0. The van der Waals surface area contributed by atoms with Gasteiger partial charge in [0.15, 0.2) is 0 Å². The summed E-state index contributed by atoms with van der Waals surface area (Å²) in [5.74, 6) is 0. The highest BCUT2D eigenvalue weighted by atomic mass is 16.4. The van der Waals surface area contributed by atoms with Crippen LogP contribution in [0.1, 0.15) is 0 Å². The summed E-state index contributed by atoms with van der Waals surface area (Å²) in [6.45, 7) is -6.41. The molecule has 0 saturated carbocycles. The SMILES string of the molecule is OC[C@@H](O)C(O)[C@@H](O)CO.OC[C@@H](O)C(O)[C@@H](O)CO.OC[C@@H](O)C(O)[C@@H](O)CO.OC[C@@H](O)C(O)[C@@H](O)CO.OC[C@@H](O)C(O)[C@@H](O)CO. The molecule has 310 valence electrons. The van der Waals surface area contributed by atoms with Gasteiger partial charge < -0.3 is 128 Å². The van der Waals surface area contributed by atoms with Crippen molar-refractivity contribution >= 4 is 0 Å². The van der Waals surface area contributed by atoms with Gasteiger partial charge in [-0.15, -0.1) is 0 Å². The second-order valence-corrected chi connectivity index (χ2v) is 9.95. The van der Waals surface area contributed by atoms with Gasteiger partial charge in [-0.05, 0) is 0 Å². The third-order valence-electron chi connectivity index (χ3n) is 5.81. The van der Waals surface area contributed by atoms with E-state index in [9.17, 15) is 0 Å². The Morgan fingerprint density at radius 1 is 0.160 bits per heavy atom. The Labute approximate surface area is 285 Å². The van der Waals surface area contributed by atoms with E-state index in [1.807, 2.05) is 0 Å². The Hall–Kier alpha value is -1.00. The summed E-state index contributed by atoms with van der Waals surface area (Å²) in [6.07, 6.45) is -21.5. The van der Waals surface area contributed by atoms with E-state index in [0.717, 1.165) is 0 Å². The highest BCUT2D eigenvalue weighted by Gasteiger charge is 2.25. The molecule has 0 aromatic carbocycles. The van der Waals surface area contributed by atoms with Crippen LogP contribution in [-0.2, 0) is 0 Å². The number of aliphatic hydroxyl groups excluding tert-OH is 25. The quantitative estimate of drug-likeness (QED) is 0.0547. The molecule has 0 radical (unpaired) electrons. The standard InChI is InChI=1S/5C5H12O5/c5*6-1-3(8)5(10)4(9)2-7/h5*3-10H,1-2H2/t5*3-,4+,5?. The molecule has 0 rings (SSSR count). The Morgan fingerprint density at radius 2 is 0.220 bits per heavy atom. The van der Waals surface area contributed by atoms with Crippen molar-refractivity contribution in [3.05, 3.63) is 0 Å². The molecule has 0 heterocycles. The Kier molecular flexibility index (Phi) is 42.4. The maximum Gasteiger partial charge on any atom is 0.110 e. The van der Waals surface area contributed by atoms with Crippen LogP contribution in [0, 0.1) is 0 Å². The molecule has 25 N–H and O–H groups in total. The second kappa shape index (κ2) is 36.4. The zero-order valence-corrected chi connectivity index (χ0v) is 26.9. The molecule has 25 nitrogen and oxygen atoms in total. The molecule has 15 atom stereocenters. The topological polar surface area (TPSA) is 506 Å². The first-order valence-corrected chi connectivity index (χ1v) is 14.5. The van der Waals surface area contributed by atoms with Gasteiger partial charge in [-0.3, -0.25) is 0 Å². The van der Waals surface area contributed by atoms with Gasteiger partial charge in [-0.1, -0.05) is 0 Å². The number of rotatable bonds is 20. The summed E-state index contributed by atoms with van der Waals surface area (Å²) in [5, 5.41) is 213. The highest BCUT2D eigenvalue weighted by molar-refractivity contribution is 4.75. The van der Waals surface area contributed by atoms with Crippen LogP contribution in [-0.4, -0.2) is 285 Å². The number of hydrogen-bond donors (Lipinski definition) is 25. The van der Waals surface area contributed by atoms with Crippen LogP contribution < -0.4 is 0 Å². The Balaban J connectivity index is -0.000000169. The first kappa shape index (κ1) is 58.3. The molecular formula is C25H60O25. The normalized spacial score (nSPS) is 20.1. The van der Waals surface area contributed by atoms with Crippen molar-refractivity contribution in [2.45, 2.75) is 91.6 Å². The van der Waals surface area contributed by atoms with Crippen molar-refractivity contribution in [1.82, 2.24) is 0 Å². The predicted molar refractivity (Wildman–Crippen MR) is 161 cm³/mol. The molecule has 0 amide bonds. The van der Waals surface area contributed by atoms with Crippen LogP contribution in [0.15, 0.2) is 0 Å². The van der Waals surface area contributed by atoms with E-state index in [1.165, 1.54) is 0 Å². The lowest BCUT2D eigenvalue weighted by Crippen LogP contribution is -2.41. The molecule has 0 aliphatic heterocycles. The van der Waals surface area contributed by atoms with Crippen molar-refractivity contribution in [1.29, 1.82) is 0 Å². The molecule has 0 fully saturated rings. The van der Waals surface area contributed by atoms with Gasteiger partial charge >= 0.3 is 0 Å². The molecule has 5 unspecified atom stereocenters. The van der Waals surface area contributed by atoms with Crippen LogP contribution >= 0.6 is 0 Å². The molecule has 0 aromatic rings. The maximum absolute atomic E-state index is 8.77. The van der Waals surface area contributed by atoms with Gasteiger partial charge in [-0.2, -0.15) is 0 Å². The molecule has 0 saturated heterocycles. The second-order valence-electron chi connectivity index (χ2n) is 9.95. The van der Waals surface area contributed by atoms with E-state index < -0.39 is 158 Å². The lowest BCUT2D eigenvalue weighted by molar-refractivity contribution is -0.0900. The van der Waals surface area contributed by atoms with E-state index in [2.05, 4.69) is 0 Å². The van der Waals surface area contributed by atoms with Crippen LogP contribution in [0.4, 0.5) is 0 Å². The molecular weight excluding hydrogens is 700 g/mol. The average molecular weight is 761 g/mol. The lowest BCUT2D eigenvalue weighted by Gasteiger charge is -2.19. The predicted octanol–water partition coefficient (Wildman–Crippen LogP) is -14.7. The first-order chi connectivity index (χ1) is 23.1. The minimum absolute atomic E-state index is 0.641. The third kappa shape index (κ3) is 28.6. The van der Waals surface area contributed by atoms with E-state index in [1.54, 1.807) is 0 Å². The fraction of sp³-hybridized carbons (Fsp3) is 1.00. The fourth-order valence-corrected chi connectivity index (χ4v) is 2.36. The van der Waals surface area contributed by atoms with Gasteiger partial charge in [0.1, 0.15) is 91.6 Å². The van der Waals surface area contributed by atoms with Gasteiger partial charge in [0, 0.05) is 0 Å². The van der Waals surface area contributed by atoms with Crippen molar-refractivity contribution in [2.24, 2.45) is 0 Å². The molecule has 50 heavy (non-hydrogen) atoms. The molecule has 0 spiro atoms. The van der Waals surface area contributed by atoms with Crippen LogP contribution in [0.5, 0.6) is 0 Å². The number of aliphatic hydroxyl groups is 25. The Bertz CT molecular complexity index is 508. The van der Waals surface area contributed by atoms with E-state index in [-0.39, 0.29) is 0 Å². The summed E-state index contributed by atoms with van der Waals surface area (Å²) in [7, 11) is 0. The molecule has 0 aliphatic carbocycles. The van der Waals surface area contributed by atoms with Crippen molar-refractivity contribution < 1.29 is 128 Å². The molecule has 25 heteroatoms. The van der Waals surface area contributed by atoms with Gasteiger partial charge in [-0.25, -0.2) is 0 Å². The van der Waals surface area contributed by atoms with Gasteiger partial charge in [0.2, 0.25) is 0 Å². The summed E-state index contributed by atoms with van der Waals surface area (Å²) in [5.41, 5.74) is 0. The van der Waals surface area contributed by atoms with E-state index >= 15 is 0 Å². The van der Waals surface area contributed by atoms with Crippen molar-refractivity contribution in [3.63, 3.8) is 0 Å². The third-order valence-corrected chi connectivity index (χ3v) is 5.81.